The van der Waals surface area contributed by atoms with Crippen LogP contribution >= 0.6 is 0 Å². The van der Waals surface area contributed by atoms with Crippen molar-refractivity contribution in [2.75, 3.05) is 11.4 Å². The monoisotopic (exact) mass is 336 g/mol. The van der Waals surface area contributed by atoms with Gasteiger partial charge in [-0.2, -0.15) is 0 Å². The molecule has 0 saturated heterocycles. The summed E-state index contributed by atoms with van der Waals surface area (Å²) in [7, 11) is 0. The Morgan fingerprint density at radius 2 is 1.72 bits per heavy atom. The second-order valence-corrected chi connectivity index (χ2v) is 5.76. The average Bonchev–Trinajstić information content (AvgIpc) is 2.65. The van der Waals surface area contributed by atoms with E-state index >= 15 is 0 Å². The zero-order chi connectivity index (χ0) is 18.1. The van der Waals surface area contributed by atoms with Gasteiger partial charge >= 0.3 is 0 Å². The Hall–Kier alpha value is -2.88. The van der Waals surface area contributed by atoms with Gasteiger partial charge in [-0.05, 0) is 23.3 Å². The maximum absolute atomic E-state index is 12.4. The van der Waals surface area contributed by atoms with Crippen molar-refractivity contribution in [3.8, 4) is 0 Å². The molecule has 0 aliphatic heterocycles. The van der Waals surface area contributed by atoms with Crippen LogP contribution in [-0.2, 0) is 22.6 Å². The van der Waals surface area contributed by atoms with Crippen molar-refractivity contribution >= 4 is 17.5 Å². The summed E-state index contributed by atoms with van der Waals surface area (Å²) in [6.07, 6.45) is 2.41. The number of hydrogen-bond acceptors (Lipinski definition) is 2. The molecule has 0 saturated carbocycles. The van der Waals surface area contributed by atoms with Gasteiger partial charge in [-0.3, -0.25) is 9.59 Å². The summed E-state index contributed by atoms with van der Waals surface area (Å²) >= 11 is 0. The molecule has 0 spiro atoms. The maximum Gasteiger partial charge on any atom is 0.227 e. The van der Waals surface area contributed by atoms with E-state index in [1.807, 2.05) is 61.5 Å². The van der Waals surface area contributed by atoms with Gasteiger partial charge in [-0.1, -0.05) is 55.5 Å². The number of nitrogens with zero attached hydrogens (tertiary/aromatic N) is 1. The van der Waals surface area contributed by atoms with Crippen molar-refractivity contribution in [3.63, 3.8) is 0 Å². The fourth-order valence-corrected chi connectivity index (χ4v) is 2.51. The molecule has 1 N–H and O–H groups in total. The van der Waals surface area contributed by atoms with Crippen LogP contribution in [-0.4, -0.2) is 18.4 Å². The van der Waals surface area contributed by atoms with Gasteiger partial charge in [0.1, 0.15) is 0 Å². The first-order chi connectivity index (χ1) is 12.1. The summed E-state index contributed by atoms with van der Waals surface area (Å²) in [6.45, 7) is 6.44. The molecular formula is C21H24N2O2. The van der Waals surface area contributed by atoms with E-state index in [9.17, 15) is 9.59 Å². The second-order valence-electron chi connectivity index (χ2n) is 5.76. The van der Waals surface area contributed by atoms with Crippen LogP contribution < -0.4 is 10.2 Å². The van der Waals surface area contributed by atoms with Crippen LogP contribution in [0.5, 0.6) is 0 Å². The molecule has 4 heteroatoms. The molecule has 0 bridgehead atoms. The summed E-state index contributed by atoms with van der Waals surface area (Å²) < 4.78 is 0. The number of benzene rings is 2. The number of carbonyl (C=O) groups is 2. The van der Waals surface area contributed by atoms with Crippen molar-refractivity contribution in [2.45, 2.75) is 26.3 Å². The lowest BCUT2D eigenvalue weighted by Crippen LogP contribution is -2.29. The number of rotatable bonds is 8. The predicted molar refractivity (Wildman–Crippen MR) is 101 cm³/mol. The Morgan fingerprint density at radius 1 is 1.04 bits per heavy atom. The normalized spacial score (nSPS) is 10.1. The van der Waals surface area contributed by atoms with Gasteiger partial charge in [-0.25, -0.2) is 0 Å². The van der Waals surface area contributed by atoms with Gasteiger partial charge < -0.3 is 10.2 Å². The highest BCUT2D eigenvalue weighted by Gasteiger charge is 2.14. The number of amides is 2. The van der Waals surface area contributed by atoms with E-state index in [-0.39, 0.29) is 11.8 Å². The highest BCUT2D eigenvalue weighted by molar-refractivity contribution is 5.93. The fourth-order valence-electron chi connectivity index (χ4n) is 2.51. The van der Waals surface area contributed by atoms with E-state index in [1.54, 1.807) is 11.0 Å². The number of carbonyl (C=O) groups excluding carboxylic acids is 2. The minimum Gasteiger partial charge on any atom is -0.352 e. The van der Waals surface area contributed by atoms with Crippen LogP contribution in [0.15, 0.2) is 67.3 Å². The Balaban J connectivity index is 2.11. The predicted octanol–water partition coefficient (Wildman–Crippen LogP) is 3.47. The molecule has 0 aromatic heterocycles. The quantitative estimate of drug-likeness (QED) is 0.750. The molecule has 0 aliphatic rings. The van der Waals surface area contributed by atoms with E-state index in [4.69, 9.17) is 0 Å². The molecule has 0 atom stereocenters. The van der Waals surface area contributed by atoms with Crippen LogP contribution in [0, 0.1) is 0 Å². The molecule has 130 valence electrons. The molecule has 0 heterocycles. The van der Waals surface area contributed by atoms with Gasteiger partial charge in [0.25, 0.3) is 0 Å². The maximum atomic E-state index is 12.4. The number of anilines is 1. The van der Waals surface area contributed by atoms with E-state index in [1.165, 1.54) is 0 Å². The lowest BCUT2D eigenvalue weighted by Gasteiger charge is -2.23. The molecule has 2 aromatic rings. The lowest BCUT2D eigenvalue weighted by molar-refractivity contribution is -0.120. The van der Waals surface area contributed by atoms with Crippen LogP contribution in [0.2, 0.25) is 0 Å². The van der Waals surface area contributed by atoms with E-state index in [0.717, 1.165) is 16.8 Å². The molecule has 0 unspecified atom stereocenters. The van der Waals surface area contributed by atoms with Crippen LogP contribution in [0.1, 0.15) is 24.5 Å². The molecule has 0 aliphatic carbocycles. The van der Waals surface area contributed by atoms with Gasteiger partial charge in [0, 0.05) is 18.7 Å². The van der Waals surface area contributed by atoms with Crippen LogP contribution in [0.4, 0.5) is 5.69 Å². The first kappa shape index (κ1) is 18.5. The summed E-state index contributed by atoms with van der Waals surface area (Å²) in [6, 6.07) is 17.5. The third-order valence-corrected chi connectivity index (χ3v) is 3.84. The van der Waals surface area contributed by atoms with E-state index in [2.05, 4.69) is 11.9 Å². The number of nitrogens with one attached hydrogen (secondary N) is 1. The molecular weight excluding hydrogens is 312 g/mol. The molecule has 0 radical (unpaired) electrons. The standard InChI is InChI=1S/C21H24N2O2/c1-3-14-22-20(24)15-17-10-12-19(13-11-17)23(21(25)4-2)16-18-8-6-5-7-9-18/h3,5-13H,1,4,14-16H2,2H3,(H,22,24). The van der Waals surface area contributed by atoms with E-state index < -0.39 is 0 Å². The Kier molecular flexibility index (Phi) is 6.96. The Bertz CT molecular complexity index is 708. The highest BCUT2D eigenvalue weighted by atomic mass is 16.2. The van der Waals surface area contributed by atoms with Crippen molar-refractivity contribution in [1.29, 1.82) is 0 Å². The third kappa shape index (κ3) is 5.60. The molecule has 4 nitrogen and oxygen atoms in total. The summed E-state index contributed by atoms with van der Waals surface area (Å²) in [5, 5.41) is 2.76. The zero-order valence-corrected chi connectivity index (χ0v) is 14.6. The zero-order valence-electron chi connectivity index (χ0n) is 14.6. The number of hydrogen-bond donors (Lipinski definition) is 1. The Labute approximate surface area is 149 Å². The van der Waals surface area contributed by atoms with Crippen molar-refractivity contribution in [1.82, 2.24) is 5.32 Å². The minimum absolute atomic E-state index is 0.0431. The molecule has 2 amide bonds. The van der Waals surface area contributed by atoms with Crippen molar-refractivity contribution in [3.05, 3.63) is 78.4 Å². The Morgan fingerprint density at radius 3 is 2.32 bits per heavy atom. The molecule has 2 aromatic carbocycles. The van der Waals surface area contributed by atoms with E-state index in [0.29, 0.717) is 25.9 Å². The lowest BCUT2D eigenvalue weighted by atomic mass is 10.1. The van der Waals surface area contributed by atoms with Crippen LogP contribution in [0.25, 0.3) is 0 Å². The van der Waals surface area contributed by atoms with Gasteiger partial charge in [0.15, 0.2) is 0 Å². The fraction of sp³-hybridized carbons (Fsp3) is 0.238. The van der Waals surface area contributed by atoms with Gasteiger partial charge in [-0.15, -0.1) is 6.58 Å². The molecule has 0 fully saturated rings. The van der Waals surface area contributed by atoms with Gasteiger partial charge in [0.05, 0.1) is 13.0 Å². The summed E-state index contributed by atoms with van der Waals surface area (Å²) in [5.74, 6) is 0.0266. The topological polar surface area (TPSA) is 49.4 Å². The van der Waals surface area contributed by atoms with Gasteiger partial charge in [0.2, 0.25) is 11.8 Å². The van der Waals surface area contributed by atoms with Crippen LogP contribution in [0.3, 0.4) is 0 Å². The summed E-state index contributed by atoms with van der Waals surface area (Å²) in [5.41, 5.74) is 2.83. The van der Waals surface area contributed by atoms with Crippen molar-refractivity contribution < 1.29 is 9.59 Å². The third-order valence-electron chi connectivity index (χ3n) is 3.84. The minimum atomic E-state index is -0.0431. The average molecular weight is 336 g/mol. The highest BCUT2D eigenvalue weighted by Crippen LogP contribution is 2.19. The molecule has 2 rings (SSSR count). The van der Waals surface area contributed by atoms with Crippen molar-refractivity contribution in [2.24, 2.45) is 0 Å². The smallest absolute Gasteiger partial charge is 0.227 e. The first-order valence-corrected chi connectivity index (χ1v) is 8.45. The SMILES string of the molecule is C=CCNC(=O)Cc1ccc(N(Cc2ccccc2)C(=O)CC)cc1. The summed E-state index contributed by atoms with van der Waals surface area (Å²) in [4.78, 5) is 25.9. The largest absolute Gasteiger partial charge is 0.352 e. The first-order valence-electron chi connectivity index (χ1n) is 8.45. The molecule has 25 heavy (non-hydrogen) atoms. The second kappa shape index (κ2) is 9.42.